The summed E-state index contributed by atoms with van der Waals surface area (Å²) in [6, 6.07) is 7.77. The molecular weight excluding hydrogens is 687 g/mol. The Balaban J connectivity index is 2.01. The fourth-order valence-electron chi connectivity index (χ4n) is 3.76. The zero-order chi connectivity index (χ0) is 33.7. The van der Waals surface area contributed by atoms with E-state index in [9.17, 15) is 57.5 Å². The summed E-state index contributed by atoms with van der Waals surface area (Å²) < 4.78 is 133. The third-order valence-electron chi connectivity index (χ3n) is 5.73. The van der Waals surface area contributed by atoms with Gasteiger partial charge in [-0.1, -0.05) is 0 Å². The Bertz CT molecular complexity index is 2390. The quantitative estimate of drug-likeness (QED) is 0.0782. The second-order valence-electron chi connectivity index (χ2n) is 8.76. The molecule has 45 heavy (non-hydrogen) atoms. The summed E-state index contributed by atoms with van der Waals surface area (Å²) in [6.45, 7) is 0. The average molecular weight is 704 g/mol. The van der Waals surface area contributed by atoms with E-state index in [0.29, 0.717) is 12.1 Å². The maximum absolute atomic E-state index is 12.2. The second-order valence-corrected chi connectivity index (χ2v) is 14.4. The minimum absolute atomic E-state index is 0.135. The molecule has 0 spiro atoms. The number of phenolic OH excluding ortho intramolecular Hbond substituents is 2. The van der Waals surface area contributed by atoms with E-state index in [4.69, 9.17) is 10.3 Å². The van der Waals surface area contributed by atoms with E-state index >= 15 is 0 Å². The van der Waals surface area contributed by atoms with Crippen molar-refractivity contribution >= 4 is 79.7 Å². The standard InChI is InChI=1S/C22H17N5O14S4/c23-11-1-6-14(15(9-11)43(33,34)35)25-27-20-17(45(39,40)41)8-10-7-16(44(36,37)38)19(21(28)18(10)22(20)29)26-24-12-2-4-13(5-3-12)42(30,31)32/h1-9,28-29H,23H2,(H,30,31,32)(H,33,34,35)(H,36,37,38)(H,39,40,41). The van der Waals surface area contributed by atoms with Crippen LogP contribution >= 0.6 is 0 Å². The predicted molar refractivity (Wildman–Crippen MR) is 152 cm³/mol. The molecule has 0 fully saturated rings. The smallest absolute Gasteiger partial charge is 0.296 e. The first-order chi connectivity index (χ1) is 20.6. The van der Waals surface area contributed by atoms with Crippen LogP contribution in [0.5, 0.6) is 11.5 Å². The number of nitrogens with two attached hydrogens (primary N) is 1. The van der Waals surface area contributed by atoms with Crippen LogP contribution in [0.15, 0.2) is 94.6 Å². The fraction of sp³-hybridized carbons (Fsp3) is 0. The van der Waals surface area contributed by atoms with Crippen LogP contribution in [-0.2, 0) is 40.5 Å². The average Bonchev–Trinajstić information content (AvgIpc) is 2.90. The van der Waals surface area contributed by atoms with Crippen molar-refractivity contribution in [2.75, 3.05) is 5.73 Å². The van der Waals surface area contributed by atoms with Crippen LogP contribution in [0.1, 0.15) is 0 Å². The molecule has 0 amide bonds. The molecule has 238 valence electrons. The first-order valence-corrected chi connectivity index (χ1v) is 17.1. The molecule has 0 aliphatic heterocycles. The number of hydrogen-bond acceptors (Lipinski definition) is 15. The van der Waals surface area contributed by atoms with Crippen LogP contribution in [-0.4, -0.2) is 62.1 Å². The highest BCUT2D eigenvalue weighted by Crippen LogP contribution is 2.50. The Morgan fingerprint density at radius 3 is 1.44 bits per heavy atom. The van der Waals surface area contributed by atoms with E-state index < -0.39 is 99.4 Å². The Kier molecular flexibility index (Phi) is 8.42. The van der Waals surface area contributed by atoms with Crippen LogP contribution in [0.4, 0.5) is 28.4 Å². The number of azo groups is 2. The van der Waals surface area contributed by atoms with Crippen molar-refractivity contribution in [3.8, 4) is 11.5 Å². The summed E-state index contributed by atoms with van der Waals surface area (Å²) in [4.78, 5) is -3.81. The summed E-state index contributed by atoms with van der Waals surface area (Å²) in [5, 5.41) is 34.7. The molecule has 0 radical (unpaired) electrons. The normalized spacial score (nSPS) is 13.2. The molecule has 0 bridgehead atoms. The number of aromatic hydroxyl groups is 2. The summed E-state index contributed by atoms with van der Waals surface area (Å²) >= 11 is 0. The second kappa shape index (κ2) is 11.4. The van der Waals surface area contributed by atoms with Gasteiger partial charge in [-0.2, -0.15) is 38.8 Å². The number of benzene rings is 4. The van der Waals surface area contributed by atoms with Gasteiger partial charge < -0.3 is 15.9 Å². The first-order valence-electron chi connectivity index (χ1n) is 11.4. The molecule has 0 saturated carbocycles. The lowest BCUT2D eigenvalue weighted by Gasteiger charge is -2.13. The Morgan fingerprint density at radius 1 is 0.533 bits per heavy atom. The zero-order valence-corrected chi connectivity index (χ0v) is 24.9. The van der Waals surface area contributed by atoms with Crippen LogP contribution in [0, 0.1) is 0 Å². The molecule has 0 atom stereocenters. The van der Waals surface area contributed by atoms with Crippen molar-refractivity contribution < 1.29 is 62.1 Å². The molecule has 19 nitrogen and oxygen atoms in total. The molecule has 4 rings (SSSR count). The first kappa shape index (κ1) is 33.3. The van der Waals surface area contributed by atoms with E-state index in [1.165, 1.54) is 0 Å². The van der Waals surface area contributed by atoms with Crippen molar-refractivity contribution in [2.45, 2.75) is 19.6 Å². The lowest BCUT2D eigenvalue weighted by atomic mass is 10.1. The maximum atomic E-state index is 12.2. The van der Waals surface area contributed by atoms with Crippen LogP contribution in [0.2, 0.25) is 0 Å². The van der Waals surface area contributed by atoms with Crippen molar-refractivity contribution in [1.29, 1.82) is 0 Å². The molecule has 4 aromatic carbocycles. The fourth-order valence-corrected chi connectivity index (χ4v) is 6.22. The highest BCUT2D eigenvalue weighted by atomic mass is 32.2. The van der Waals surface area contributed by atoms with Gasteiger partial charge in [0, 0.05) is 5.69 Å². The Morgan fingerprint density at radius 2 is 1.00 bits per heavy atom. The van der Waals surface area contributed by atoms with Gasteiger partial charge in [0.25, 0.3) is 40.5 Å². The third-order valence-corrected chi connectivity index (χ3v) is 9.21. The summed E-state index contributed by atoms with van der Waals surface area (Å²) in [7, 11) is -20.1. The van der Waals surface area contributed by atoms with E-state index in [1.807, 2.05) is 0 Å². The highest BCUT2D eigenvalue weighted by Gasteiger charge is 2.29. The van der Waals surface area contributed by atoms with Gasteiger partial charge in [-0.3, -0.25) is 18.2 Å². The molecule has 0 saturated heterocycles. The summed E-state index contributed by atoms with van der Waals surface area (Å²) in [6.07, 6.45) is 0. The van der Waals surface area contributed by atoms with Crippen LogP contribution in [0.25, 0.3) is 10.8 Å². The van der Waals surface area contributed by atoms with Crippen molar-refractivity contribution in [1.82, 2.24) is 0 Å². The minimum Gasteiger partial charge on any atom is -0.505 e. The molecular formula is C22H17N5O14S4. The molecule has 0 aliphatic rings. The number of fused-ring (bicyclic) bond motifs is 1. The number of nitrogen functional groups attached to an aromatic ring is 1. The summed E-state index contributed by atoms with van der Waals surface area (Å²) in [5.74, 6) is -2.51. The largest absolute Gasteiger partial charge is 0.505 e. The van der Waals surface area contributed by atoms with Gasteiger partial charge >= 0.3 is 0 Å². The molecule has 0 aliphatic carbocycles. The number of rotatable bonds is 8. The van der Waals surface area contributed by atoms with Gasteiger partial charge in [0.15, 0.2) is 11.5 Å². The van der Waals surface area contributed by atoms with E-state index in [-0.39, 0.29) is 11.4 Å². The van der Waals surface area contributed by atoms with Gasteiger partial charge in [-0.05, 0) is 60.0 Å². The van der Waals surface area contributed by atoms with Crippen LogP contribution in [0.3, 0.4) is 0 Å². The number of hydrogen-bond donors (Lipinski definition) is 7. The molecule has 0 aromatic heterocycles. The van der Waals surface area contributed by atoms with Gasteiger partial charge in [0.05, 0.1) is 16.0 Å². The lowest BCUT2D eigenvalue weighted by molar-refractivity contribution is 0.458. The van der Waals surface area contributed by atoms with Crippen molar-refractivity contribution in [3.63, 3.8) is 0 Å². The van der Waals surface area contributed by atoms with Crippen LogP contribution < -0.4 is 5.73 Å². The minimum atomic E-state index is -5.33. The maximum Gasteiger partial charge on any atom is 0.296 e. The van der Waals surface area contributed by atoms with E-state index in [1.54, 1.807) is 0 Å². The van der Waals surface area contributed by atoms with Gasteiger partial charge in [-0.25, -0.2) is 0 Å². The van der Waals surface area contributed by atoms with E-state index in [0.717, 1.165) is 42.5 Å². The number of phenols is 2. The zero-order valence-electron chi connectivity index (χ0n) is 21.6. The Labute approximate surface area is 253 Å². The van der Waals surface area contributed by atoms with Gasteiger partial charge in [-0.15, -0.1) is 15.3 Å². The Hall–Kier alpha value is -4.62. The summed E-state index contributed by atoms with van der Waals surface area (Å²) in [5.41, 5.74) is 2.47. The molecule has 23 heteroatoms. The number of nitrogens with zero attached hydrogens (tertiary/aromatic N) is 4. The van der Waals surface area contributed by atoms with Crippen molar-refractivity contribution in [2.24, 2.45) is 20.5 Å². The topological polar surface area (TPSA) is 333 Å². The van der Waals surface area contributed by atoms with Crippen molar-refractivity contribution in [3.05, 3.63) is 54.6 Å². The highest BCUT2D eigenvalue weighted by molar-refractivity contribution is 7.86. The molecule has 8 N–H and O–H groups in total. The van der Waals surface area contributed by atoms with Gasteiger partial charge in [0.2, 0.25) is 0 Å². The number of anilines is 1. The SMILES string of the molecule is Nc1ccc(N=Nc2c(S(=O)(=O)O)cc3cc(S(=O)(=O)O)c(N=Nc4ccc(S(=O)(=O)O)cc4)c(O)c3c2O)c(S(=O)(=O)O)c1. The molecule has 4 aromatic rings. The lowest BCUT2D eigenvalue weighted by Crippen LogP contribution is -2.02. The molecule has 0 heterocycles. The monoisotopic (exact) mass is 703 g/mol. The predicted octanol–water partition coefficient (Wildman–Crippen LogP) is 3.65. The molecule has 0 unspecified atom stereocenters. The van der Waals surface area contributed by atoms with E-state index in [2.05, 4.69) is 20.5 Å². The third kappa shape index (κ3) is 7.04. The van der Waals surface area contributed by atoms with Gasteiger partial charge in [0.1, 0.15) is 31.7 Å².